The number of para-hydroxylation sites is 2. The Morgan fingerprint density at radius 2 is 1.32 bits per heavy atom. The van der Waals surface area contributed by atoms with Crippen molar-refractivity contribution in [3.63, 3.8) is 0 Å². The van der Waals surface area contributed by atoms with Gasteiger partial charge in [-0.05, 0) is 65.7 Å². The fourth-order valence-electron chi connectivity index (χ4n) is 6.18. The fraction of sp³-hybridized carbons (Fsp3) is 0. The lowest BCUT2D eigenvalue weighted by Crippen LogP contribution is -2.02. The zero-order valence-electron chi connectivity index (χ0n) is 21.7. The number of rotatable bonds is 2. The number of pyridine rings is 1. The second-order valence-corrected chi connectivity index (χ2v) is 10.4. The van der Waals surface area contributed by atoms with Crippen LogP contribution in [0.25, 0.3) is 82.5 Å². The summed E-state index contributed by atoms with van der Waals surface area (Å²) in [4.78, 5) is 17.5. The number of hydrogen-bond acceptors (Lipinski definition) is 4. The van der Waals surface area contributed by atoms with Crippen molar-refractivity contribution in [1.82, 2.24) is 9.55 Å². The molecule has 5 heteroatoms. The molecular formula is C36H20N2O3. The highest BCUT2D eigenvalue weighted by atomic mass is 16.3. The molecule has 9 aromatic rings. The van der Waals surface area contributed by atoms with Gasteiger partial charge in [0.05, 0.1) is 28.0 Å². The summed E-state index contributed by atoms with van der Waals surface area (Å²) in [5.41, 5.74) is 7.94. The van der Waals surface area contributed by atoms with Crippen molar-refractivity contribution in [2.45, 2.75) is 0 Å². The Kier molecular flexibility index (Phi) is 4.41. The molecule has 5 aromatic carbocycles. The number of benzene rings is 5. The number of aromatic nitrogens is 2. The van der Waals surface area contributed by atoms with Gasteiger partial charge in [-0.25, -0.2) is 0 Å². The summed E-state index contributed by atoms with van der Waals surface area (Å²) in [6.07, 6.45) is 3.57. The van der Waals surface area contributed by atoms with E-state index in [1.807, 2.05) is 48.5 Å². The molecule has 0 saturated carbocycles. The molecule has 0 aliphatic rings. The zero-order chi connectivity index (χ0) is 27.1. The van der Waals surface area contributed by atoms with E-state index in [0.717, 1.165) is 55.2 Å². The molecule has 0 saturated heterocycles. The molecule has 0 radical (unpaired) electrons. The highest BCUT2D eigenvalue weighted by Gasteiger charge is 2.17. The minimum absolute atomic E-state index is 0.0210. The van der Waals surface area contributed by atoms with Gasteiger partial charge in [-0.2, -0.15) is 0 Å². The average Bonchev–Trinajstić information content (AvgIpc) is 3.55. The van der Waals surface area contributed by atoms with Gasteiger partial charge in [0, 0.05) is 39.5 Å². The molecule has 0 amide bonds. The molecule has 192 valence electrons. The van der Waals surface area contributed by atoms with Gasteiger partial charge in [-0.1, -0.05) is 48.5 Å². The van der Waals surface area contributed by atoms with E-state index in [1.54, 1.807) is 12.4 Å². The molecule has 0 N–H and O–H groups in total. The number of nitrogens with zero attached hydrogens (tertiary/aromatic N) is 2. The molecule has 0 aliphatic carbocycles. The van der Waals surface area contributed by atoms with Crippen molar-refractivity contribution in [3.8, 4) is 16.8 Å². The van der Waals surface area contributed by atoms with Crippen molar-refractivity contribution in [2.24, 2.45) is 0 Å². The predicted molar refractivity (Wildman–Crippen MR) is 165 cm³/mol. The summed E-state index contributed by atoms with van der Waals surface area (Å²) in [5, 5.41) is 5.63. The van der Waals surface area contributed by atoms with Crippen molar-refractivity contribution >= 4 is 65.7 Å². The second kappa shape index (κ2) is 8.16. The van der Waals surface area contributed by atoms with E-state index < -0.39 is 0 Å². The smallest absolute Gasteiger partial charge is 0.200 e. The van der Waals surface area contributed by atoms with Crippen LogP contribution in [0.4, 0.5) is 0 Å². The fourth-order valence-corrected chi connectivity index (χ4v) is 6.18. The Morgan fingerprint density at radius 1 is 0.512 bits per heavy atom. The zero-order valence-corrected chi connectivity index (χ0v) is 21.7. The number of hydrogen-bond donors (Lipinski definition) is 0. The van der Waals surface area contributed by atoms with Crippen molar-refractivity contribution in [2.75, 3.05) is 0 Å². The first-order chi connectivity index (χ1) is 20.2. The molecule has 5 nitrogen and oxygen atoms in total. The maximum atomic E-state index is 13.3. The molecule has 4 aromatic heterocycles. The van der Waals surface area contributed by atoms with Crippen LogP contribution in [0.3, 0.4) is 0 Å². The Bertz CT molecular complexity index is 2570. The summed E-state index contributed by atoms with van der Waals surface area (Å²) in [7, 11) is 0. The Labute approximate surface area is 232 Å². The standard InChI is InChI=1S/C36H20N2O3/c39-36-26-9-2-4-11-32(26)40-33-13-12-22(17-29(33)36)21-6-5-7-23(16-21)38-30-10-3-1-8-24(30)27-18-28-25-14-15-37-20-35(25)41-34(28)19-31(27)38/h1-20H. The highest BCUT2D eigenvalue weighted by Crippen LogP contribution is 2.38. The topological polar surface area (TPSA) is 61.2 Å². The lowest BCUT2D eigenvalue weighted by atomic mass is 10.0. The Morgan fingerprint density at radius 3 is 2.27 bits per heavy atom. The molecule has 4 heterocycles. The quantitative estimate of drug-likeness (QED) is 0.210. The number of fused-ring (bicyclic) bond motifs is 8. The van der Waals surface area contributed by atoms with Crippen LogP contribution in [-0.4, -0.2) is 9.55 Å². The van der Waals surface area contributed by atoms with Crippen LogP contribution in [0.2, 0.25) is 0 Å². The van der Waals surface area contributed by atoms with Crippen molar-refractivity contribution in [3.05, 3.63) is 132 Å². The molecule has 0 spiro atoms. The first-order valence-corrected chi connectivity index (χ1v) is 13.5. The summed E-state index contributed by atoms with van der Waals surface area (Å²) in [5.74, 6) is 0. The maximum absolute atomic E-state index is 13.3. The predicted octanol–water partition coefficient (Wildman–Crippen LogP) is 9.00. The van der Waals surface area contributed by atoms with E-state index in [4.69, 9.17) is 8.83 Å². The summed E-state index contributed by atoms with van der Waals surface area (Å²) in [6.45, 7) is 0. The third-order valence-electron chi connectivity index (χ3n) is 8.08. The minimum atomic E-state index is -0.0210. The van der Waals surface area contributed by atoms with Crippen LogP contribution in [0.1, 0.15) is 0 Å². The van der Waals surface area contributed by atoms with Crippen LogP contribution in [-0.2, 0) is 0 Å². The van der Waals surface area contributed by atoms with E-state index in [0.29, 0.717) is 21.9 Å². The van der Waals surface area contributed by atoms with Crippen molar-refractivity contribution < 1.29 is 8.83 Å². The maximum Gasteiger partial charge on any atom is 0.200 e. The molecule has 0 aliphatic heterocycles. The van der Waals surface area contributed by atoms with E-state index in [1.165, 1.54) is 5.39 Å². The van der Waals surface area contributed by atoms with Gasteiger partial charge < -0.3 is 13.4 Å². The van der Waals surface area contributed by atoms with E-state index in [9.17, 15) is 4.79 Å². The van der Waals surface area contributed by atoms with Crippen LogP contribution >= 0.6 is 0 Å². The molecule has 41 heavy (non-hydrogen) atoms. The lowest BCUT2D eigenvalue weighted by molar-refractivity contribution is 0.660. The Hall–Kier alpha value is -5.68. The third-order valence-corrected chi connectivity index (χ3v) is 8.08. The Balaban J connectivity index is 1.28. The molecule has 0 fully saturated rings. The summed E-state index contributed by atoms with van der Waals surface area (Å²) >= 11 is 0. The van der Waals surface area contributed by atoms with Gasteiger partial charge in [-0.15, -0.1) is 0 Å². The highest BCUT2D eigenvalue weighted by molar-refractivity contribution is 6.17. The monoisotopic (exact) mass is 528 g/mol. The number of furan rings is 1. The van der Waals surface area contributed by atoms with Gasteiger partial charge in [0.2, 0.25) is 5.43 Å². The average molecular weight is 529 g/mol. The van der Waals surface area contributed by atoms with Gasteiger partial charge in [-0.3, -0.25) is 9.78 Å². The van der Waals surface area contributed by atoms with Gasteiger partial charge in [0.25, 0.3) is 0 Å². The summed E-state index contributed by atoms with van der Waals surface area (Å²) in [6, 6.07) is 36.5. The second-order valence-electron chi connectivity index (χ2n) is 10.4. The summed E-state index contributed by atoms with van der Waals surface area (Å²) < 4.78 is 14.5. The lowest BCUT2D eigenvalue weighted by Gasteiger charge is -2.11. The van der Waals surface area contributed by atoms with E-state index in [-0.39, 0.29) is 5.43 Å². The van der Waals surface area contributed by atoms with Crippen LogP contribution in [0.15, 0.2) is 135 Å². The van der Waals surface area contributed by atoms with Gasteiger partial charge >= 0.3 is 0 Å². The van der Waals surface area contributed by atoms with E-state index >= 15 is 0 Å². The first kappa shape index (κ1) is 22.2. The van der Waals surface area contributed by atoms with Crippen LogP contribution in [0.5, 0.6) is 0 Å². The largest absolute Gasteiger partial charge is 0.456 e. The van der Waals surface area contributed by atoms with Gasteiger partial charge in [0.15, 0.2) is 5.58 Å². The van der Waals surface area contributed by atoms with Crippen LogP contribution in [0, 0.1) is 0 Å². The SMILES string of the molecule is O=c1c2ccccc2oc2ccc(-c3cccc(-n4c5ccccc5c5cc6c(cc54)oc4cnccc46)c3)cc12. The van der Waals surface area contributed by atoms with Crippen LogP contribution < -0.4 is 5.43 Å². The minimum Gasteiger partial charge on any atom is -0.456 e. The van der Waals surface area contributed by atoms with Gasteiger partial charge in [0.1, 0.15) is 16.7 Å². The molecular weight excluding hydrogens is 508 g/mol. The van der Waals surface area contributed by atoms with E-state index in [2.05, 4.69) is 70.2 Å². The molecule has 0 bridgehead atoms. The molecule has 9 rings (SSSR count). The molecule has 0 atom stereocenters. The van der Waals surface area contributed by atoms with Crippen molar-refractivity contribution in [1.29, 1.82) is 0 Å². The molecule has 0 unspecified atom stereocenters. The normalized spacial score (nSPS) is 12.0. The first-order valence-electron chi connectivity index (χ1n) is 13.5. The third kappa shape index (κ3) is 3.17.